The summed E-state index contributed by atoms with van der Waals surface area (Å²) in [4.78, 5) is 17.2. The molecule has 1 aliphatic rings. The van der Waals surface area contributed by atoms with E-state index in [2.05, 4.69) is 9.88 Å². The SMILES string of the molecule is O=c1[nH]c2ccccc2n1CCCN1CCC[C@H]1CO. The summed E-state index contributed by atoms with van der Waals surface area (Å²) in [5.41, 5.74) is 1.83. The predicted octanol–water partition coefficient (Wildman–Crippen LogP) is 1.18. The van der Waals surface area contributed by atoms with Gasteiger partial charge in [0.25, 0.3) is 0 Å². The van der Waals surface area contributed by atoms with Crippen LogP contribution in [0.1, 0.15) is 19.3 Å². The van der Waals surface area contributed by atoms with Gasteiger partial charge in [-0.2, -0.15) is 0 Å². The highest BCUT2D eigenvalue weighted by Gasteiger charge is 2.22. The van der Waals surface area contributed by atoms with E-state index < -0.39 is 0 Å². The molecule has 0 bridgehead atoms. The van der Waals surface area contributed by atoms with E-state index in [1.54, 1.807) is 4.57 Å². The fourth-order valence-corrected chi connectivity index (χ4v) is 3.16. The molecule has 0 unspecified atom stereocenters. The Morgan fingerprint density at radius 3 is 3.00 bits per heavy atom. The Morgan fingerprint density at radius 2 is 2.15 bits per heavy atom. The number of rotatable bonds is 5. The van der Waals surface area contributed by atoms with Crippen molar-refractivity contribution < 1.29 is 5.11 Å². The van der Waals surface area contributed by atoms with E-state index in [-0.39, 0.29) is 12.3 Å². The molecule has 1 aromatic carbocycles. The van der Waals surface area contributed by atoms with Crippen molar-refractivity contribution in [2.24, 2.45) is 0 Å². The molecule has 1 fully saturated rings. The van der Waals surface area contributed by atoms with Gasteiger partial charge in [0, 0.05) is 19.1 Å². The molecule has 0 radical (unpaired) electrons. The number of hydrogen-bond acceptors (Lipinski definition) is 3. The van der Waals surface area contributed by atoms with Crippen LogP contribution < -0.4 is 5.69 Å². The zero-order valence-electron chi connectivity index (χ0n) is 11.6. The first-order valence-electron chi connectivity index (χ1n) is 7.32. The third kappa shape index (κ3) is 2.51. The van der Waals surface area contributed by atoms with Crippen LogP contribution in [0.4, 0.5) is 0 Å². The first-order valence-corrected chi connectivity index (χ1v) is 7.32. The van der Waals surface area contributed by atoms with E-state index in [0.29, 0.717) is 6.04 Å². The predicted molar refractivity (Wildman–Crippen MR) is 78.9 cm³/mol. The highest BCUT2D eigenvalue weighted by atomic mass is 16.3. The second-order valence-corrected chi connectivity index (χ2v) is 5.47. The zero-order chi connectivity index (χ0) is 13.9. The molecule has 1 saturated heterocycles. The molecule has 0 saturated carbocycles. The van der Waals surface area contributed by atoms with Gasteiger partial charge in [0.15, 0.2) is 0 Å². The number of fused-ring (bicyclic) bond motifs is 1. The fraction of sp³-hybridized carbons (Fsp3) is 0.533. The molecule has 2 heterocycles. The number of H-pyrrole nitrogens is 1. The van der Waals surface area contributed by atoms with Crippen molar-refractivity contribution in [2.45, 2.75) is 31.8 Å². The molecule has 0 aliphatic carbocycles. The molecular weight excluding hydrogens is 254 g/mol. The molecule has 0 spiro atoms. The minimum Gasteiger partial charge on any atom is -0.395 e. The van der Waals surface area contributed by atoms with Gasteiger partial charge in [-0.25, -0.2) is 4.79 Å². The maximum Gasteiger partial charge on any atom is 0.326 e. The van der Waals surface area contributed by atoms with Crippen LogP contribution in [-0.4, -0.2) is 45.3 Å². The summed E-state index contributed by atoms with van der Waals surface area (Å²) in [6.07, 6.45) is 3.18. The maximum atomic E-state index is 11.9. The second kappa shape index (κ2) is 5.81. The molecule has 1 aromatic heterocycles. The molecule has 108 valence electrons. The summed E-state index contributed by atoms with van der Waals surface area (Å²) < 4.78 is 1.80. The lowest BCUT2D eigenvalue weighted by Gasteiger charge is -2.22. The van der Waals surface area contributed by atoms with Crippen LogP contribution in [0.5, 0.6) is 0 Å². The van der Waals surface area contributed by atoms with Gasteiger partial charge in [-0.3, -0.25) is 9.47 Å². The van der Waals surface area contributed by atoms with Gasteiger partial charge in [-0.05, 0) is 37.9 Å². The van der Waals surface area contributed by atoms with Crippen LogP contribution in [0, 0.1) is 0 Å². The standard InChI is InChI=1S/C15H21N3O2/c19-11-12-5-3-8-17(12)9-4-10-18-14-7-2-1-6-13(14)16-15(18)20/h1-2,6-7,12,19H,3-5,8-11H2,(H,16,20)/t12-/m0/s1. The lowest BCUT2D eigenvalue weighted by molar-refractivity contribution is 0.156. The van der Waals surface area contributed by atoms with Crippen LogP contribution >= 0.6 is 0 Å². The van der Waals surface area contributed by atoms with Crippen molar-refractivity contribution in [3.05, 3.63) is 34.7 Å². The topological polar surface area (TPSA) is 61.3 Å². The molecule has 5 heteroatoms. The van der Waals surface area contributed by atoms with Crippen molar-refractivity contribution in [2.75, 3.05) is 19.7 Å². The molecule has 5 nitrogen and oxygen atoms in total. The van der Waals surface area contributed by atoms with E-state index in [0.717, 1.165) is 49.9 Å². The highest BCUT2D eigenvalue weighted by Crippen LogP contribution is 2.17. The summed E-state index contributed by atoms with van der Waals surface area (Å²) in [7, 11) is 0. The van der Waals surface area contributed by atoms with E-state index in [1.165, 1.54) is 0 Å². The molecule has 0 amide bonds. The van der Waals surface area contributed by atoms with Crippen molar-refractivity contribution in [3.8, 4) is 0 Å². The summed E-state index contributed by atoms with van der Waals surface area (Å²) >= 11 is 0. The molecule has 20 heavy (non-hydrogen) atoms. The number of likely N-dealkylation sites (tertiary alicyclic amines) is 1. The van der Waals surface area contributed by atoms with Gasteiger partial charge < -0.3 is 10.1 Å². The van der Waals surface area contributed by atoms with E-state index >= 15 is 0 Å². The van der Waals surface area contributed by atoms with E-state index in [1.807, 2.05) is 24.3 Å². The number of aryl methyl sites for hydroxylation is 1. The number of aromatic amines is 1. The number of nitrogens with one attached hydrogen (secondary N) is 1. The average molecular weight is 275 g/mol. The summed E-state index contributed by atoms with van der Waals surface area (Å²) in [6, 6.07) is 8.09. The number of aliphatic hydroxyl groups excluding tert-OH is 1. The molecule has 1 aliphatic heterocycles. The molecule has 2 aromatic rings. The molecular formula is C15H21N3O2. The van der Waals surface area contributed by atoms with Crippen molar-refractivity contribution in [3.63, 3.8) is 0 Å². The number of aromatic nitrogens is 2. The average Bonchev–Trinajstić information content (AvgIpc) is 3.03. The van der Waals surface area contributed by atoms with E-state index in [4.69, 9.17) is 0 Å². The Balaban J connectivity index is 1.65. The number of hydrogen-bond donors (Lipinski definition) is 2. The minimum absolute atomic E-state index is 0.0358. The second-order valence-electron chi connectivity index (χ2n) is 5.47. The van der Waals surface area contributed by atoms with Crippen molar-refractivity contribution >= 4 is 11.0 Å². The smallest absolute Gasteiger partial charge is 0.326 e. The number of benzene rings is 1. The fourth-order valence-electron chi connectivity index (χ4n) is 3.16. The zero-order valence-corrected chi connectivity index (χ0v) is 11.6. The highest BCUT2D eigenvalue weighted by molar-refractivity contribution is 5.74. The number of imidazole rings is 1. The van der Waals surface area contributed by atoms with Crippen LogP contribution in [0.15, 0.2) is 29.1 Å². The summed E-state index contributed by atoms with van der Waals surface area (Å²) in [5.74, 6) is 0. The Kier molecular flexibility index (Phi) is 3.89. The lowest BCUT2D eigenvalue weighted by Crippen LogP contribution is -2.33. The third-order valence-corrected chi connectivity index (χ3v) is 4.22. The first kappa shape index (κ1) is 13.4. The summed E-state index contributed by atoms with van der Waals surface area (Å²) in [6.45, 7) is 2.97. The van der Waals surface area contributed by atoms with Crippen molar-refractivity contribution in [1.29, 1.82) is 0 Å². The monoisotopic (exact) mass is 275 g/mol. The van der Waals surface area contributed by atoms with Gasteiger partial charge in [-0.1, -0.05) is 12.1 Å². The Labute approximate surface area is 117 Å². The van der Waals surface area contributed by atoms with Crippen LogP contribution in [-0.2, 0) is 6.54 Å². The Bertz CT molecular complexity index is 631. The third-order valence-electron chi connectivity index (χ3n) is 4.22. The molecule has 3 rings (SSSR count). The van der Waals surface area contributed by atoms with Crippen LogP contribution in [0.2, 0.25) is 0 Å². The lowest BCUT2D eigenvalue weighted by atomic mass is 10.2. The minimum atomic E-state index is -0.0358. The van der Waals surface area contributed by atoms with Gasteiger partial charge >= 0.3 is 5.69 Å². The maximum absolute atomic E-state index is 11.9. The Hall–Kier alpha value is -1.59. The van der Waals surface area contributed by atoms with Crippen LogP contribution in [0.25, 0.3) is 11.0 Å². The normalized spacial score (nSPS) is 19.9. The molecule has 2 N–H and O–H groups in total. The van der Waals surface area contributed by atoms with Crippen molar-refractivity contribution in [1.82, 2.24) is 14.5 Å². The van der Waals surface area contributed by atoms with Gasteiger partial charge in [0.1, 0.15) is 0 Å². The van der Waals surface area contributed by atoms with E-state index in [9.17, 15) is 9.90 Å². The summed E-state index contributed by atoms with van der Waals surface area (Å²) in [5, 5.41) is 9.30. The van der Waals surface area contributed by atoms with Gasteiger partial charge in [0.2, 0.25) is 0 Å². The quantitative estimate of drug-likeness (QED) is 0.861. The van der Waals surface area contributed by atoms with Crippen LogP contribution in [0.3, 0.4) is 0 Å². The van der Waals surface area contributed by atoms with Gasteiger partial charge in [-0.15, -0.1) is 0 Å². The van der Waals surface area contributed by atoms with Gasteiger partial charge in [0.05, 0.1) is 17.6 Å². The number of nitrogens with zero attached hydrogens (tertiary/aromatic N) is 2. The Morgan fingerprint density at radius 1 is 1.30 bits per heavy atom. The number of aliphatic hydroxyl groups is 1. The molecule has 1 atom stereocenters. The largest absolute Gasteiger partial charge is 0.395 e. The number of para-hydroxylation sites is 2. The first-order chi connectivity index (χ1) is 9.79.